The molecular formula is C9H17. The zero-order valence-electron chi connectivity index (χ0n) is 6.56. The maximum Gasteiger partial charge on any atom is -0.0471 e. The number of hydrogen-bond donors (Lipinski definition) is 0. The van der Waals surface area contributed by atoms with Crippen LogP contribution >= 0.6 is 0 Å². The fraction of sp³-hybridized carbons (Fsp3) is 0.444. The minimum absolute atomic E-state index is 0.773. The van der Waals surface area contributed by atoms with Crippen molar-refractivity contribution in [2.75, 3.05) is 0 Å². The van der Waals surface area contributed by atoms with Gasteiger partial charge in [-0.3, -0.25) is 0 Å². The van der Waals surface area contributed by atoms with E-state index >= 15 is 0 Å². The van der Waals surface area contributed by atoms with Crippen LogP contribution in [-0.2, 0) is 0 Å². The Kier molecular flexibility index (Phi) is 13.1. The summed E-state index contributed by atoms with van der Waals surface area (Å²) in [7, 11) is 0. The lowest BCUT2D eigenvalue weighted by atomic mass is 10.2. The van der Waals surface area contributed by atoms with Crippen LogP contribution in [-0.4, -0.2) is 0 Å². The number of hydrogen-bond acceptors (Lipinski definition) is 0. The molecule has 0 amide bonds. The van der Waals surface area contributed by atoms with Gasteiger partial charge < -0.3 is 0 Å². The van der Waals surface area contributed by atoms with Crippen LogP contribution in [0.5, 0.6) is 0 Å². The average Bonchev–Trinajstić information content (AvgIpc) is 1.89. The molecule has 0 fully saturated rings. The standard InChI is InChI=1S/C5H11.C4H6/c1-4-5(2)3;1-3-4-2/h5H,1,4H2,2-3H3;3-4H,1-2H2. The Balaban J connectivity index is 0. The lowest BCUT2D eigenvalue weighted by Crippen LogP contribution is -1.77. The summed E-state index contributed by atoms with van der Waals surface area (Å²) >= 11 is 0. The molecule has 0 saturated heterocycles. The van der Waals surface area contributed by atoms with Crippen LogP contribution < -0.4 is 0 Å². The quantitative estimate of drug-likeness (QED) is 0.497. The Morgan fingerprint density at radius 2 is 1.44 bits per heavy atom. The van der Waals surface area contributed by atoms with Gasteiger partial charge in [-0.05, 0) is 5.92 Å². The van der Waals surface area contributed by atoms with Crippen LogP contribution in [0.15, 0.2) is 25.3 Å². The second-order valence-corrected chi connectivity index (χ2v) is 2.15. The third-order valence-corrected chi connectivity index (χ3v) is 0.744. The first kappa shape index (κ1) is 11.3. The fourth-order valence-corrected chi connectivity index (χ4v) is 0. The van der Waals surface area contributed by atoms with Crippen LogP contribution in [0.25, 0.3) is 0 Å². The smallest absolute Gasteiger partial charge is 0.0471 e. The van der Waals surface area contributed by atoms with Crippen molar-refractivity contribution < 1.29 is 0 Å². The summed E-state index contributed by atoms with van der Waals surface area (Å²) in [6, 6.07) is 0. The van der Waals surface area contributed by atoms with E-state index in [1.807, 2.05) is 0 Å². The summed E-state index contributed by atoms with van der Waals surface area (Å²) in [6.07, 6.45) is 4.33. The van der Waals surface area contributed by atoms with Crippen molar-refractivity contribution in [1.29, 1.82) is 0 Å². The van der Waals surface area contributed by atoms with Gasteiger partial charge in [-0.25, -0.2) is 0 Å². The van der Waals surface area contributed by atoms with Gasteiger partial charge in [0, 0.05) is 0 Å². The molecule has 0 bridgehead atoms. The van der Waals surface area contributed by atoms with Gasteiger partial charge in [0.05, 0.1) is 0 Å². The lowest BCUT2D eigenvalue weighted by Gasteiger charge is -1.90. The highest BCUT2D eigenvalue weighted by Gasteiger charge is 1.80. The lowest BCUT2D eigenvalue weighted by molar-refractivity contribution is 0.661. The molecule has 53 valence electrons. The Morgan fingerprint density at radius 3 is 1.44 bits per heavy atom. The molecule has 0 spiro atoms. The molecule has 1 radical (unpaired) electrons. The Labute approximate surface area is 59.3 Å². The maximum atomic E-state index is 3.69. The van der Waals surface area contributed by atoms with E-state index in [2.05, 4.69) is 33.9 Å². The van der Waals surface area contributed by atoms with Gasteiger partial charge in [-0.1, -0.05) is 52.5 Å². The molecule has 0 saturated carbocycles. The minimum Gasteiger partial charge on any atom is -0.0991 e. The second kappa shape index (κ2) is 10.5. The largest absolute Gasteiger partial charge is 0.0991 e. The van der Waals surface area contributed by atoms with Crippen molar-refractivity contribution >= 4 is 0 Å². The second-order valence-electron chi connectivity index (χ2n) is 2.15. The van der Waals surface area contributed by atoms with Gasteiger partial charge in [-0.2, -0.15) is 0 Å². The van der Waals surface area contributed by atoms with Gasteiger partial charge in [0.1, 0.15) is 0 Å². The monoisotopic (exact) mass is 125 g/mol. The van der Waals surface area contributed by atoms with Crippen molar-refractivity contribution in [3.8, 4) is 0 Å². The number of allylic oxidation sites excluding steroid dienone is 2. The van der Waals surface area contributed by atoms with Gasteiger partial charge >= 0.3 is 0 Å². The Hall–Kier alpha value is -0.520. The molecule has 0 heterocycles. The van der Waals surface area contributed by atoms with Crippen molar-refractivity contribution in [3.63, 3.8) is 0 Å². The third kappa shape index (κ3) is 36.5. The Morgan fingerprint density at radius 1 is 1.22 bits per heavy atom. The van der Waals surface area contributed by atoms with E-state index in [4.69, 9.17) is 0 Å². The average molecular weight is 125 g/mol. The molecule has 0 aliphatic heterocycles. The molecular weight excluding hydrogens is 108 g/mol. The molecule has 0 nitrogen and oxygen atoms in total. The van der Waals surface area contributed by atoms with Crippen molar-refractivity contribution in [2.45, 2.75) is 20.3 Å². The SMILES string of the molecule is C=CC=C.[CH2]CC(C)C. The first-order valence-corrected chi connectivity index (χ1v) is 3.21. The Bertz CT molecular complexity index is 54.4. The van der Waals surface area contributed by atoms with Crippen molar-refractivity contribution in [2.24, 2.45) is 5.92 Å². The van der Waals surface area contributed by atoms with Crippen molar-refractivity contribution in [1.82, 2.24) is 0 Å². The summed E-state index contributed by atoms with van der Waals surface area (Å²) in [6.45, 7) is 14.7. The van der Waals surface area contributed by atoms with E-state index in [-0.39, 0.29) is 0 Å². The molecule has 0 N–H and O–H groups in total. The van der Waals surface area contributed by atoms with Gasteiger partial charge in [-0.15, -0.1) is 0 Å². The van der Waals surface area contributed by atoms with E-state index in [1.54, 1.807) is 12.2 Å². The molecule has 0 heteroatoms. The highest BCUT2D eigenvalue weighted by molar-refractivity contribution is 4.88. The van der Waals surface area contributed by atoms with Crippen LogP contribution in [0, 0.1) is 12.8 Å². The molecule has 9 heavy (non-hydrogen) atoms. The normalized spacial score (nSPS) is 7.56. The van der Waals surface area contributed by atoms with E-state index in [1.165, 1.54) is 0 Å². The van der Waals surface area contributed by atoms with E-state index < -0.39 is 0 Å². The van der Waals surface area contributed by atoms with E-state index in [0.717, 1.165) is 12.3 Å². The third-order valence-electron chi connectivity index (χ3n) is 0.744. The highest BCUT2D eigenvalue weighted by Crippen LogP contribution is 1.93. The zero-order chi connectivity index (χ0) is 7.70. The number of rotatable bonds is 2. The first-order valence-electron chi connectivity index (χ1n) is 3.21. The van der Waals surface area contributed by atoms with Crippen LogP contribution in [0.4, 0.5) is 0 Å². The zero-order valence-corrected chi connectivity index (χ0v) is 6.56. The van der Waals surface area contributed by atoms with Gasteiger partial charge in [0.25, 0.3) is 0 Å². The fourth-order valence-electron chi connectivity index (χ4n) is 0. The topological polar surface area (TPSA) is 0 Å². The van der Waals surface area contributed by atoms with Crippen LogP contribution in [0.3, 0.4) is 0 Å². The van der Waals surface area contributed by atoms with E-state index in [9.17, 15) is 0 Å². The summed E-state index contributed by atoms with van der Waals surface area (Å²) < 4.78 is 0. The van der Waals surface area contributed by atoms with Crippen LogP contribution in [0.2, 0.25) is 0 Å². The molecule has 0 aromatic heterocycles. The highest BCUT2D eigenvalue weighted by atomic mass is 13.9. The minimum atomic E-state index is 0.773. The summed E-state index contributed by atoms with van der Waals surface area (Å²) in [5.41, 5.74) is 0. The summed E-state index contributed by atoms with van der Waals surface area (Å²) in [5, 5.41) is 0. The van der Waals surface area contributed by atoms with Gasteiger partial charge in [0.2, 0.25) is 0 Å². The molecule has 0 atom stereocenters. The predicted octanol–water partition coefficient (Wildman–Crippen LogP) is 3.22. The van der Waals surface area contributed by atoms with Crippen LogP contribution in [0.1, 0.15) is 20.3 Å². The van der Waals surface area contributed by atoms with E-state index in [0.29, 0.717) is 0 Å². The predicted molar refractivity (Wildman–Crippen MR) is 45.2 cm³/mol. The molecule has 0 unspecified atom stereocenters. The summed E-state index contributed by atoms with van der Waals surface area (Å²) in [4.78, 5) is 0. The molecule has 0 aromatic rings. The molecule has 0 rings (SSSR count). The summed E-state index contributed by atoms with van der Waals surface area (Å²) in [5.74, 6) is 0.773. The molecule has 0 aliphatic carbocycles. The first-order chi connectivity index (χ1) is 4.18. The van der Waals surface area contributed by atoms with Gasteiger partial charge in [0.15, 0.2) is 0 Å². The molecule has 0 aliphatic rings. The maximum absolute atomic E-state index is 3.69. The molecule has 0 aromatic carbocycles. The van der Waals surface area contributed by atoms with Crippen molar-refractivity contribution in [3.05, 3.63) is 32.2 Å².